The molecule has 3 atom stereocenters. The van der Waals surface area contributed by atoms with E-state index in [1.54, 1.807) is 33.9 Å². The molecule has 0 saturated carbocycles. The van der Waals surface area contributed by atoms with E-state index in [2.05, 4.69) is 15.6 Å². The number of hydrogen-bond donors (Lipinski definition) is 4. The maximum atomic E-state index is 13.5. The zero-order valence-electron chi connectivity index (χ0n) is 20.6. The smallest absolute Gasteiger partial charge is 0.247 e. The van der Waals surface area contributed by atoms with E-state index in [0.29, 0.717) is 13.0 Å². The summed E-state index contributed by atoms with van der Waals surface area (Å²) in [5, 5.41) is 6.51. The van der Waals surface area contributed by atoms with E-state index in [4.69, 9.17) is 5.73 Å². The maximum absolute atomic E-state index is 13.5. The summed E-state index contributed by atoms with van der Waals surface area (Å²) in [4.78, 5) is 55.6. The topological polar surface area (TPSA) is 137 Å². The molecule has 2 aromatic rings. The second-order valence-electron chi connectivity index (χ2n) is 9.35. The quantitative estimate of drug-likeness (QED) is 0.428. The van der Waals surface area contributed by atoms with Crippen LogP contribution in [0.4, 0.5) is 0 Å². The van der Waals surface area contributed by atoms with E-state index < -0.39 is 29.9 Å². The number of aromatic nitrogens is 1. The van der Waals surface area contributed by atoms with Crippen LogP contribution < -0.4 is 16.4 Å². The van der Waals surface area contributed by atoms with Gasteiger partial charge in [0.25, 0.3) is 0 Å². The average molecular weight is 480 g/mol. The van der Waals surface area contributed by atoms with Gasteiger partial charge in [-0.2, -0.15) is 0 Å². The van der Waals surface area contributed by atoms with E-state index in [9.17, 15) is 19.2 Å². The van der Waals surface area contributed by atoms with Crippen molar-refractivity contribution in [1.29, 1.82) is 0 Å². The van der Waals surface area contributed by atoms with Gasteiger partial charge in [-0.25, -0.2) is 0 Å². The van der Waals surface area contributed by atoms with Gasteiger partial charge in [-0.15, -0.1) is 0 Å². The number of nitrogens with two attached hydrogens (primary N) is 1. The number of rotatable bonds is 8. The fourth-order valence-corrected chi connectivity index (χ4v) is 4.33. The Labute approximate surface area is 204 Å². The van der Waals surface area contributed by atoms with E-state index >= 15 is 0 Å². The summed E-state index contributed by atoms with van der Waals surface area (Å²) in [5.41, 5.74) is 8.99. The van der Waals surface area contributed by atoms with Crippen LogP contribution in [0.15, 0.2) is 53.8 Å². The number of hydrogen-bond acceptors (Lipinski definition) is 4. The molecule has 0 unspecified atom stereocenters. The third kappa shape index (κ3) is 6.38. The lowest BCUT2D eigenvalue weighted by atomic mass is 10.0. The first kappa shape index (κ1) is 25.7. The van der Waals surface area contributed by atoms with Gasteiger partial charge >= 0.3 is 0 Å². The van der Waals surface area contributed by atoms with Crippen LogP contribution in [-0.2, 0) is 25.6 Å². The van der Waals surface area contributed by atoms with Crippen molar-refractivity contribution in [3.05, 3.63) is 59.3 Å². The normalized spacial score (nSPS) is 18.0. The number of fused-ring (bicyclic) bond motifs is 1. The summed E-state index contributed by atoms with van der Waals surface area (Å²) < 4.78 is 0. The largest absolute Gasteiger partial charge is 0.368 e. The van der Waals surface area contributed by atoms with Gasteiger partial charge in [0.1, 0.15) is 12.1 Å². The van der Waals surface area contributed by atoms with E-state index in [0.717, 1.165) is 27.6 Å². The minimum atomic E-state index is -0.989. The number of amides is 4. The highest BCUT2D eigenvalue weighted by Gasteiger charge is 2.42. The Balaban J connectivity index is 1.84. The molecule has 186 valence electrons. The average Bonchev–Trinajstić information content (AvgIpc) is 3.36. The SMILES string of the molecule is CC(C)=CC(=O)N[C@H]1CCN(C(=O)C=C(C)C)[C@@H]1C(=O)N[C@H](Cc1c[nH]c2ccccc12)C(N)=O. The van der Waals surface area contributed by atoms with Crippen LogP contribution in [0.2, 0.25) is 0 Å². The van der Waals surface area contributed by atoms with Crippen molar-refractivity contribution >= 4 is 34.5 Å². The zero-order valence-corrected chi connectivity index (χ0v) is 20.6. The Morgan fingerprint density at radius 3 is 2.46 bits per heavy atom. The van der Waals surface area contributed by atoms with Crippen molar-refractivity contribution in [3.8, 4) is 0 Å². The number of nitrogens with zero attached hydrogens (tertiary/aromatic N) is 1. The summed E-state index contributed by atoms with van der Waals surface area (Å²) in [6, 6.07) is 5.07. The lowest BCUT2D eigenvalue weighted by molar-refractivity contribution is -0.137. The highest BCUT2D eigenvalue weighted by Crippen LogP contribution is 2.22. The number of H-pyrrole nitrogens is 1. The lowest BCUT2D eigenvalue weighted by Gasteiger charge is -2.28. The molecule has 1 saturated heterocycles. The Hall–Kier alpha value is -3.88. The Bertz CT molecular complexity index is 1190. The van der Waals surface area contributed by atoms with E-state index in [1.807, 2.05) is 24.3 Å². The summed E-state index contributed by atoms with van der Waals surface area (Å²) in [7, 11) is 0. The molecule has 3 rings (SSSR count). The van der Waals surface area contributed by atoms with Gasteiger partial charge in [0.2, 0.25) is 23.6 Å². The summed E-state index contributed by atoms with van der Waals surface area (Å²) in [5.74, 6) is -1.89. The van der Waals surface area contributed by atoms with Crippen molar-refractivity contribution in [2.24, 2.45) is 5.73 Å². The molecular weight excluding hydrogens is 446 g/mol. The molecule has 1 aromatic carbocycles. The zero-order chi connectivity index (χ0) is 25.7. The van der Waals surface area contributed by atoms with Crippen LogP contribution in [0, 0.1) is 0 Å². The first-order chi connectivity index (χ1) is 16.6. The molecule has 4 amide bonds. The predicted octanol–water partition coefficient (Wildman–Crippen LogP) is 1.70. The number of primary amides is 1. The third-order valence-corrected chi connectivity index (χ3v) is 5.87. The Morgan fingerprint density at radius 2 is 1.80 bits per heavy atom. The van der Waals surface area contributed by atoms with Crippen molar-refractivity contribution in [2.45, 2.75) is 58.7 Å². The van der Waals surface area contributed by atoms with Crippen molar-refractivity contribution in [1.82, 2.24) is 20.5 Å². The molecule has 5 N–H and O–H groups in total. The molecule has 0 aliphatic carbocycles. The molecule has 2 heterocycles. The van der Waals surface area contributed by atoms with Gasteiger partial charge in [0.15, 0.2) is 0 Å². The van der Waals surface area contributed by atoms with Gasteiger partial charge < -0.3 is 26.3 Å². The molecule has 1 aliphatic heterocycles. The van der Waals surface area contributed by atoms with Crippen LogP contribution in [0.5, 0.6) is 0 Å². The number of para-hydroxylation sites is 1. The fraction of sp³-hybridized carbons (Fsp3) is 0.385. The molecule has 0 spiro atoms. The summed E-state index contributed by atoms with van der Waals surface area (Å²) >= 11 is 0. The van der Waals surface area contributed by atoms with Gasteiger partial charge in [-0.05, 0) is 45.7 Å². The van der Waals surface area contributed by atoms with Crippen LogP contribution in [0.25, 0.3) is 10.9 Å². The maximum Gasteiger partial charge on any atom is 0.247 e. The predicted molar refractivity (Wildman–Crippen MR) is 134 cm³/mol. The molecule has 35 heavy (non-hydrogen) atoms. The lowest BCUT2D eigenvalue weighted by Crippen LogP contribution is -2.58. The first-order valence-electron chi connectivity index (χ1n) is 11.6. The number of aromatic amines is 1. The molecule has 9 nitrogen and oxygen atoms in total. The number of nitrogens with one attached hydrogen (secondary N) is 3. The summed E-state index contributed by atoms with van der Waals surface area (Å²) in [6.07, 6.45) is 5.28. The molecule has 1 aliphatic rings. The minimum absolute atomic E-state index is 0.189. The molecule has 9 heteroatoms. The molecular formula is C26H33N5O4. The number of allylic oxidation sites excluding steroid dienone is 2. The standard InChI is InChI=1S/C26H33N5O4/c1-15(2)11-22(32)29-20-9-10-31(23(33)12-16(3)4)24(20)26(35)30-21(25(27)34)13-17-14-28-19-8-6-5-7-18(17)19/h5-8,11-12,14,20-21,24,28H,9-10,13H2,1-4H3,(H2,27,34)(H,29,32)(H,30,35)/t20-,21+,24-/m0/s1. The van der Waals surface area contributed by atoms with Crippen molar-refractivity contribution in [2.75, 3.05) is 6.54 Å². The molecule has 1 aromatic heterocycles. The van der Waals surface area contributed by atoms with E-state index in [1.165, 1.54) is 17.1 Å². The number of carbonyl (C=O) groups excluding carboxylic acids is 4. The van der Waals surface area contributed by atoms with Gasteiger partial charge in [-0.1, -0.05) is 29.3 Å². The van der Waals surface area contributed by atoms with Crippen LogP contribution in [0.1, 0.15) is 39.7 Å². The number of carbonyl (C=O) groups is 4. The highest BCUT2D eigenvalue weighted by atomic mass is 16.2. The van der Waals surface area contributed by atoms with Gasteiger partial charge in [-0.3, -0.25) is 19.2 Å². The van der Waals surface area contributed by atoms with E-state index in [-0.39, 0.29) is 18.2 Å². The first-order valence-corrected chi connectivity index (χ1v) is 11.6. The van der Waals surface area contributed by atoms with Crippen LogP contribution in [-0.4, -0.2) is 58.2 Å². The highest BCUT2D eigenvalue weighted by molar-refractivity contribution is 5.97. The van der Waals surface area contributed by atoms with Crippen molar-refractivity contribution in [3.63, 3.8) is 0 Å². The second-order valence-corrected chi connectivity index (χ2v) is 9.35. The van der Waals surface area contributed by atoms with Crippen LogP contribution >= 0.6 is 0 Å². The minimum Gasteiger partial charge on any atom is -0.368 e. The summed E-state index contributed by atoms with van der Waals surface area (Å²) in [6.45, 7) is 7.48. The third-order valence-electron chi connectivity index (χ3n) is 5.87. The van der Waals surface area contributed by atoms with Gasteiger partial charge in [0, 0.05) is 42.2 Å². The molecule has 1 fully saturated rings. The second kappa shape index (κ2) is 11.0. The molecule has 0 radical (unpaired) electrons. The van der Waals surface area contributed by atoms with Gasteiger partial charge in [0.05, 0.1) is 6.04 Å². The Morgan fingerprint density at radius 1 is 1.11 bits per heavy atom. The Kier molecular flexibility index (Phi) is 8.11. The number of likely N-dealkylation sites (tertiary alicyclic amines) is 1. The molecule has 0 bridgehead atoms. The fourth-order valence-electron chi connectivity index (χ4n) is 4.33. The monoisotopic (exact) mass is 479 g/mol. The van der Waals surface area contributed by atoms with Crippen LogP contribution in [0.3, 0.4) is 0 Å². The van der Waals surface area contributed by atoms with Crippen molar-refractivity contribution < 1.29 is 19.2 Å². The number of benzene rings is 1.